The maximum absolute atomic E-state index is 14.4. The van der Waals surface area contributed by atoms with Crippen LogP contribution < -0.4 is 5.73 Å². The summed E-state index contributed by atoms with van der Waals surface area (Å²) in [5, 5.41) is 16.1. The third-order valence-electron chi connectivity index (χ3n) is 3.58. The van der Waals surface area contributed by atoms with Crippen LogP contribution in [-0.2, 0) is 6.54 Å². The van der Waals surface area contributed by atoms with E-state index in [1.54, 1.807) is 16.7 Å². The Kier molecular flexibility index (Phi) is 3.32. The van der Waals surface area contributed by atoms with E-state index in [1.807, 2.05) is 6.07 Å². The average Bonchev–Trinajstić information content (AvgIpc) is 3.20. The van der Waals surface area contributed by atoms with Crippen LogP contribution in [-0.4, -0.2) is 29.8 Å². The number of benzene rings is 1. The molecule has 4 rings (SSSR count). The molecule has 0 saturated carbocycles. The van der Waals surface area contributed by atoms with Crippen LogP contribution in [0.2, 0.25) is 0 Å². The van der Waals surface area contributed by atoms with E-state index in [0.717, 1.165) is 0 Å². The fourth-order valence-corrected chi connectivity index (χ4v) is 2.48. The number of hydrogen-bond acceptors (Lipinski definition) is 8. The minimum absolute atomic E-state index is 0.0443. The molecular weight excluding hydrogens is 327 g/mol. The standard InChI is InChI=1S/C15H9FN8O/c16-10-2-1-3-11-13(10)24(7-9-6-19-8(4-17)5-20-9)15(21-11)12-14(18)23-25-22-12/h1-3,5-6H,7H2,(H2,18,23). The number of hydrogen-bond donors (Lipinski definition) is 1. The van der Waals surface area contributed by atoms with Crippen molar-refractivity contribution in [3.8, 4) is 17.6 Å². The molecule has 0 amide bonds. The van der Waals surface area contributed by atoms with E-state index in [-0.39, 0.29) is 29.3 Å². The second-order valence-electron chi connectivity index (χ2n) is 5.13. The van der Waals surface area contributed by atoms with Crippen LogP contribution in [0.3, 0.4) is 0 Å². The van der Waals surface area contributed by atoms with Crippen molar-refractivity contribution in [1.82, 2.24) is 29.8 Å². The summed E-state index contributed by atoms with van der Waals surface area (Å²) >= 11 is 0. The molecule has 2 N–H and O–H groups in total. The van der Waals surface area contributed by atoms with Crippen molar-refractivity contribution in [3.05, 3.63) is 47.8 Å². The molecule has 0 bridgehead atoms. The number of imidazole rings is 1. The second-order valence-corrected chi connectivity index (χ2v) is 5.13. The second kappa shape index (κ2) is 5.64. The lowest BCUT2D eigenvalue weighted by Crippen LogP contribution is -2.06. The van der Waals surface area contributed by atoms with E-state index in [0.29, 0.717) is 17.0 Å². The van der Waals surface area contributed by atoms with Gasteiger partial charge in [-0.3, -0.25) is 4.98 Å². The smallest absolute Gasteiger partial charge is 0.199 e. The zero-order valence-electron chi connectivity index (χ0n) is 12.6. The molecule has 0 atom stereocenters. The van der Waals surface area contributed by atoms with Gasteiger partial charge in [0, 0.05) is 0 Å². The molecule has 0 spiro atoms. The minimum Gasteiger partial charge on any atom is -0.379 e. The summed E-state index contributed by atoms with van der Waals surface area (Å²) in [7, 11) is 0. The molecule has 3 heterocycles. The Labute approximate surface area is 139 Å². The Bertz CT molecular complexity index is 1110. The molecule has 9 nitrogen and oxygen atoms in total. The van der Waals surface area contributed by atoms with Crippen LogP contribution in [0.15, 0.2) is 35.2 Å². The summed E-state index contributed by atoms with van der Waals surface area (Å²) in [5.41, 5.74) is 7.36. The highest BCUT2D eigenvalue weighted by molar-refractivity contribution is 5.82. The molecule has 25 heavy (non-hydrogen) atoms. The molecule has 0 radical (unpaired) electrons. The highest BCUT2D eigenvalue weighted by Crippen LogP contribution is 2.28. The fraction of sp³-hybridized carbons (Fsp3) is 0.0667. The van der Waals surface area contributed by atoms with Gasteiger partial charge in [-0.1, -0.05) is 6.07 Å². The van der Waals surface area contributed by atoms with Gasteiger partial charge in [-0.25, -0.2) is 19.0 Å². The van der Waals surface area contributed by atoms with E-state index >= 15 is 0 Å². The van der Waals surface area contributed by atoms with Crippen molar-refractivity contribution < 1.29 is 9.02 Å². The van der Waals surface area contributed by atoms with Gasteiger partial charge in [0.15, 0.2) is 23.0 Å². The van der Waals surface area contributed by atoms with E-state index in [1.165, 1.54) is 18.5 Å². The quantitative estimate of drug-likeness (QED) is 0.595. The van der Waals surface area contributed by atoms with Crippen LogP contribution in [0, 0.1) is 17.1 Å². The van der Waals surface area contributed by atoms with Gasteiger partial charge in [0.1, 0.15) is 17.4 Å². The van der Waals surface area contributed by atoms with Gasteiger partial charge in [0.05, 0.1) is 30.1 Å². The van der Waals surface area contributed by atoms with Crippen molar-refractivity contribution in [1.29, 1.82) is 5.26 Å². The highest BCUT2D eigenvalue weighted by atomic mass is 19.1. The summed E-state index contributed by atoms with van der Waals surface area (Å²) in [6, 6.07) is 6.46. The van der Waals surface area contributed by atoms with Gasteiger partial charge < -0.3 is 10.3 Å². The molecule has 0 aliphatic heterocycles. The number of rotatable bonds is 3. The van der Waals surface area contributed by atoms with Crippen LogP contribution in [0.1, 0.15) is 11.4 Å². The Morgan fingerprint density at radius 2 is 2.12 bits per heavy atom. The molecule has 3 aromatic heterocycles. The van der Waals surface area contributed by atoms with Crippen molar-refractivity contribution in [2.24, 2.45) is 0 Å². The first-order valence-electron chi connectivity index (χ1n) is 7.11. The summed E-state index contributed by atoms with van der Waals surface area (Å²) in [6.45, 7) is 0.151. The predicted octanol–water partition coefficient (Wildman–Crippen LogP) is 1.52. The van der Waals surface area contributed by atoms with E-state index in [4.69, 9.17) is 11.0 Å². The zero-order chi connectivity index (χ0) is 17.4. The van der Waals surface area contributed by atoms with Crippen LogP contribution in [0.4, 0.5) is 10.2 Å². The third kappa shape index (κ3) is 2.43. The first kappa shape index (κ1) is 14.7. The molecule has 0 fully saturated rings. The van der Waals surface area contributed by atoms with Crippen molar-refractivity contribution in [3.63, 3.8) is 0 Å². The summed E-state index contributed by atoms with van der Waals surface area (Å²) in [4.78, 5) is 12.5. The lowest BCUT2D eigenvalue weighted by atomic mass is 10.3. The molecular formula is C15H9FN8O. The van der Waals surface area contributed by atoms with E-state index in [2.05, 4.69) is 29.9 Å². The summed E-state index contributed by atoms with van der Waals surface area (Å²) < 4.78 is 20.6. The highest BCUT2D eigenvalue weighted by Gasteiger charge is 2.21. The van der Waals surface area contributed by atoms with Gasteiger partial charge in [-0.2, -0.15) is 5.26 Å². The van der Waals surface area contributed by atoms with Gasteiger partial charge in [0.2, 0.25) is 0 Å². The molecule has 4 aromatic rings. The number of nitriles is 1. The molecule has 0 saturated heterocycles. The van der Waals surface area contributed by atoms with Crippen LogP contribution in [0.25, 0.3) is 22.6 Å². The summed E-state index contributed by atoms with van der Waals surface area (Å²) in [5.74, 6) is -0.110. The number of nitrogens with two attached hydrogens (primary N) is 1. The van der Waals surface area contributed by atoms with Gasteiger partial charge in [-0.05, 0) is 22.4 Å². The number of aromatic nitrogens is 6. The normalized spacial score (nSPS) is 10.9. The maximum atomic E-state index is 14.4. The predicted molar refractivity (Wildman–Crippen MR) is 83.2 cm³/mol. The summed E-state index contributed by atoms with van der Waals surface area (Å²) in [6.07, 6.45) is 2.79. The lowest BCUT2D eigenvalue weighted by Gasteiger charge is -2.07. The number of anilines is 1. The van der Waals surface area contributed by atoms with Gasteiger partial charge in [0.25, 0.3) is 0 Å². The average molecular weight is 336 g/mol. The molecule has 0 aliphatic rings. The lowest BCUT2D eigenvalue weighted by molar-refractivity contribution is 0.310. The van der Waals surface area contributed by atoms with Gasteiger partial charge in [-0.15, -0.1) is 0 Å². The Morgan fingerprint density at radius 3 is 2.80 bits per heavy atom. The van der Waals surface area contributed by atoms with Crippen molar-refractivity contribution in [2.45, 2.75) is 6.54 Å². The minimum atomic E-state index is -0.451. The van der Waals surface area contributed by atoms with Crippen molar-refractivity contribution in [2.75, 3.05) is 5.73 Å². The maximum Gasteiger partial charge on any atom is 0.199 e. The number of nitrogen functional groups attached to an aromatic ring is 1. The number of fused-ring (bicyclic) bond motifs is 1. The monoisotopic (exact) mass is 336 g/mol. The number of halogens is 1. The van der Waals surface area contributed by atoms with E-state index < -0.39 is 5.82 Å². The first-order valence-corrected chi connectivity index (χ1v) is 7.11. The molecule has 1 aromatic carbocycles. The Morgan fingerprint density at radius 1 is 1.24 bits per heavy atom. The topological polar surface area (TPSA) is 132 Å². The number of nitrogens with zero attached hydrogens (tertiary/aromatic N) is 7. The zero-order valence-corrected chi connectivity index (χ0v) is 12.6. The van der Waals surface area contributed by atoms with Crippen molar-refractivity contribution >= 4 is 16.9 Å². The first-order chi connectivity index (χ1) is 12.2. The Hall–Kier alpha value is -3.87. The van der Waals surface area contributed by atoms with E-state index in [9.17, 15) is 4.39 Å². The number of para-hydroxylation sites is 1. The molecule has 122 valence electrons. The third-order valence-corrected chi connectivity index (χ3v) is 3.58. The fourth-order valence-electron chi connectivity index (χ4n) is 2.48. The van der Waals surface area contributed by atoms with Crippen LogP contribution >= 0.6 is 0 Å². The Balaban J connectivity index is 1.91. The molecule has 0 aliphatic carbocycles. The molecule has 10 heteroatoms. The molecule has 0 unspecified atom stereocenters. The van der Waals surface area contributed by atoms with Crippen LogP contribution in [0.5, 0.6) is 0 Å². The van der Waals surface area contributed by atoms with Gasteiger partial charge >= 0.3 is 0 Å². The SMILES string of the molecule is N#Cc1cnc(Cn2c(-c3nonc3N)nc3cccc(F)c32)cn1. The largest absolute Gasteiger partial charge is 0.379 e.